The maximum absolute atomic E-state index is 6.00. The molecule has 3 rings (SSSR count). The first kappa shape index (κ1) is 14.6. The van der Waals surface area contributed by atoms with Gasteiger partial charge in [-0.05, 0) is 48.1 Å². The van der Waals surface area contributed by atoms with Gasteiger partial charge in [-0.1, -0.05) is 61.0 Å². The van der Waals surface area contributed by atoms with Gasteiger partial charge in [0.1, 0.15) is 0 Å². The van der Waals surface area contributed by atoms with Gasteiger partial charge in [0, 0.05) is 17.5 Å². The van der Waals surface area contributed by atoms with E-state index in [0.717, 1.165) is 24.5 Å². The van der Waals surface area contributed by atoms with Gasteiger partial charge in [0.2, 0.25) is 0 Å². The first-order valence-electron chi connectivity index (χ1n) is 7.67. The van der Waals surface area contributed by atoms with Crippen LogP contribution in [0.4, 0.5) is 0 Å². The molecule has 0 bridgehead atoms. The highest BCUT2D eigenvalue weighted by molar-refractivity contribution is 6.30. The zero-order chi connectivity index (χ0) is 14.7. The number of rotatable bonds is 3. The highest BCUT2D eigenvalue weighted by Gasteiger charge is 2.37. The normalized spacial score (nSPS) is 25.7. The molecule has 21 heavy (non-hydrogen) atoms. The minimum atomic E-state index is 0.292. The fourth-order valence-electron chi connectivity index (χ4n) is 3.53. The lowest BCUT2D eigenvalue weighted by Gasteiger charge is -2.42. The lowest BCUT2D eigenvalue weighted by molar-refractivity contribution is 0.187. The van der Waals surface area contributed by atoms with Gasteiger partial charge in [-0.25, -0.2) is 0 Å². The van der Waals surface area contributed by atoms with Crippen molar-refractivity contribution >= 4 is 11.6 Å². The van der Waals surface area contributed by atoms with Crippen molar-refractivity contribution in [1.82, 2.24) is 5.32 Å². The fraction of sp³-hybridized carbons (Fsp3) is 0.368. The molecule has 1 saturated heterocycles. The Morgan fingerprint density at radius 1 is 1.10 bits per heavy atom. The Labute approximate surface area is 132 Å². The SMILES string of the molecule is CC1(Cc2ccc(Cl)cc2)CCNCC1c1ccccc1. The third kappa shape index (κ3) is 3.30. The summed E-state index contributed by atoms with van der Waals surface area (Å²) in [6.07, 6.45) is 2.31. The summed E-state index contributed by atoms with van der Waals surface area (Å²) in [7, 11) is 0. The number of nitrogens with one attached hydrogen (secondary N) is 1. The maximum Gasteiger partial charge on any atom is 0.0406 e. The second kappa shape index (κ2) is 6.21. The molecule has 1 fully saturated rings. The van der Waals surface area contributed by atoms with Crippen LogP contribution in [-0.2, 0) is 6.42 Å². The predicted octanol–water partition coefficient (Wildman–Crippen LogP) is 4.67. The number of hydrogen-bond donors (Lipinski definition) is 1. The lowest BCUT2D eigenvalue weighted by atomic mass is 9.66. The van der Waals surface area contributed by atoms with Crippen LogP contribution in [0.2, 0.25) is 5.02 Å². The number of hydrogen-bond acceptors (Lipinski definition) is 1. The number of benzene rings is 2. The third-order valence-corrected chi connectivity index (χ3v) is 5.04. The Morgan fingerprint density at radius 3 is 2.52 bits per heavy atom. The maximum atomic E-state index is 6.00. The summed E-state index contributed by atoms with van der Waals surface area (Å²) in [6.45, 7) is 4.60. The van der Waals surface area contributed by atoms with Crippen LogP contribution in [0.5, 0.6) is 0 Å². The minimum Gasteiger partial charge on any atom is -0.316 e. The van der Waals surface area contributed by atoms with E-state index in [1.54, 1.807) is 0 Å². The molecule has 0 spiro atoms. The van der Waals surface area contributed by atoms with E-state index in [0.29, 0.717) is 11.3 Å². The molecule has 1 N–H and O–H groups in total. The molecular weight excluding hydrogens is 278 g/mol. The molecule has 0 aliphatic carbocycles. The van der Waals surface area contributed by atoms with Gasteiger partial charge < -0.3 is 5.32 Å². The van der Waals surface area contributed by atoms with E-state index in [-0.39, 0.29) is 0 Å². The van der Waals surface area contributed by atoms with E-state index < -0.39 is 0 Å². The molecule has 0 saturated carbocycles. The highest BCUT2D eigenvalue weighted by atomic mass is 35.5. The zero-order valence-corrected chi connectivity index (χ0v) is 13.2. The molecule has 0 amide bonds. The largest absolute Gasteiger partial charge is 0.316 e. The van der Waals surface area contributed by atoms with Crippen LogP contribution >= 0.6 is 11.6 Å². The van der Waals surface area contributed by atoms with Crippen LogP contribution in [0.25, 0.3) is 0 Å². The summed E-state index contributed by atoms with van der Waals surface area (Å²) in [5, 5.41) is 4.38. The van der Waals surface area contributed by atoms with Crippen LogP contribution in [0.15, 0.2) is 54.6 Å². The van der Waals surface area contributed by atoms with Gasteiger partial charge in [-0.2, -0.15) is 0 Å². The molecular formula is C19H22ClN. The molecule has 1 aliphatic heterocycles. The first-order chi connectivity index (χ1) is 10.2. The molecule has 0 radical (unpaired) electrons. The van der Waals surface area contributed by atoms with Crippen LogP contribution in [-0.4, -0.2) is 13.1 Å². The van der Waals surface area contributed by atoms with Gasteiger partial charge >= 0.3 is 0 Å². The van der Waals surface area contributed by atoms with E-state index in [1.165, 1.54) is 17.5 Å². The third-order valence-electron chi connectivity index (χ3n) is 4.79. The van der Waals surface area contributed by atoms with Crippen molar-refractivity contribution < 1.29 is 0 Å². The van der Waals surface area contributed by atoms with Crippen molar-refractivity contribution in [2.24, 2.45) is 5.41 Å². The van der Waals surface area contributed by atoms with Crippen LogP contribution in [0.1, 0.15) is 30.4 Å². The molecule has 2 heteroatoms. The lowest BCUT2D eigenvalue weighted by Crippen LogP contribution is -2.43. The Hall–Kier alpha value is -1.31. The van der Waals surface area contributed by atoms with Crippen LogP contribution in [0.3, 0.4) is 0 Å². The summed E-state index contributed by atoms with van der Waals surface area (Å²) in [6, 6.07) is 19.2. The summed E-state index contributed by atoms with van der Waals surface area (Å²) in [4.78, 5) is 0. The second-order valence-electron chi connectivity index (χ2n) is 6.37. The summed E-state index contributed by atoms with van der Waals surface area (Å²) >= 11 is 6.00. The Bertz CT molecular complexity index is 578. The average Bonchev–Trinajstić information content (AvgIpc) is 2.51. The molecule has 2 aromatic rings. The molecule has 2 atom stereocenters. The van der Waals surface area contributed by atoms with Crippen molar-refractivity contribution in [1.29, 1.82) is 0 Å². The Morgan fingerprint density at radius 2 is 1.81 bits per heavy atom. The van der Waals surface area contributed by atoms with E-state index in [2.05, 4.69) is 54.7 Å². The number of piperidine rings is 1. The summed E-state index contributed by atoms with van der Waals surface area (Å²) in [5.74, 6) is 0.558. The molecule has 1 heterocycles. The Kier molecular flexibility index (Phi) is 4.32. The smallest absolute Gasteiger partial charge is 0.0406 e. The van der Waals surface area contributed by atoms with Crippen molar-refractivity contribution in [2.75, 3.05) is 13.1 Å². The standard InChI is InChI=1S/C19H22ClN/c1-19(13-15-7-9-17(20)10-8-15)11-12-21-14-18(19)16-5-3-2-4-6-16/h2-10,18,21H,11-14H2,1H3. The first-order valence-corrected chi connectivity index (χ1v) is 8.05. The van der Waals surface area contributed by atoms with Crippen molar-refractivity contribution in [3.05, 3.63) is 70.7 Å². The fourth-order valence-corrected chi connectivity index (χ4v) is 3.65. The highest BCUT2D eigenvalue weighted by Crippen LogP contribution is 2.43. The molecule has 110 valence electrons. The molecule has 2 aromatic carbocycles. The van der Waals surface area contributed by atoms with Gasteiger partial charge in [0.25, 0.3) is 0 Å². The molecule has 1 aliphatic rings. The van der Waals surface area contributed by atoms with Gasteiger partial charge in [0.05, 0.1) is 0 Å². The zero-order valence-electron chi connectivity index (χ0n) is 12.5. The molecule has 1 nitrogen and oxygen atoms in total. The molecule has 2 unspecified atom stereocenters. The predicted molar refractivity (Wildman–Crippen MR) is 89.9 cm³/mol. The van der Waals surface area contributed by atoms with E-state index in [9.17, 15) is 0 Å². The van der Waals surface area contributed by atoms with Crippen molar-refractivity contribution in [2.45, 2.75) is 25.7 Å². The summed E-state index contributed by atoms with van der Waals surface area (Å²) in [5.41, 5.74) is 3.12. The minimum absolute atomic E-state index is 0.292. The Balaban J connectivity index is 1.86. The molecule has 0 aromatic heterocycles. The van der Waals surface area contributed by atoms with Crippen LogP contribution in [0, 0.1) is 5.41 Å². The topological polar surface area (TPSA) is 12.0 Å². The quantitative estimate of drug-likeness (QED) is 0.869. The number of halogens is 1. The average molecular weight is 300 g/mol. The van der Waals surface area contributed by atoms with Gasteiger partial charge in [-0.15, -0.1) is 0 Å². The second-order valence-corrected chi connectivity index (χ2v) is 6.81. The summed E-state index contributed by atoms with van der Waals surface area (Å²) < 4.78 is 0. The van der Waals surface area contributed by atoms with E-state index in [1.807, 2.05) is 12.1 Å². The monoisotopic (exact) mass is 299 g/mol. The van der Waals surface area contributed by atoms with Crippen molar-refractivity contribution in [3.8, 4) is 0 Å². The van der Waals surface area contributed by atoms with Gasteiger partial charge in [-0.3, -0.25) is 0 Å². The van der Waals surface area contributed by atoms with E-state index in [4.69, 9.17) is 11.6 Å². The van der Waals surface area contributed by atoms with E-state index >= 15 is 0 Å². The van der Waals surface area contributed by atoms with Gasteiger partial charge in [0.15, 0.2) is 0 Å². The van der Waals surface area contributed by atoms with Crippen molar-refractivity contribution in [3.63, 3.8) is 0 Å². The van der Waals surface area contributed by atoms with Crippen LogP contribution < -0.4 is 5.32 Å².